The van der Waals surface area contributed by atoms with Gasteiger partial charge in [-0.15, -0.1) is 0 Å². The molecule has 4 aromatic rings. The third kappa shape index (κ3) is 1.94. The second-order valence-corrected chi connectivity index (χ2v) is 7.42. The minimum Gasteiger partial charge on any atom is -0.508 e. The molecule has 0 saturated heterocycles. The van der Waals surface area contributed by atoms with Crippen molar-refractivity contribution >= 4 is 21.5 Å². The average molecular weight is 342 g/mol. The van der Waals surface area contributed by atoms with Gasteiger partial charge in [-0.25, -0.2) is 0 Å². The van der Waals surface area contributed by atoms with Crippen LogP contribution in [0.15, 0.2) is 60.7 Å². The van der Waals surface area contributed by atoms with E-state index in [9.17, 15) is 10.2 Å². The van der Waals surface area contributed by atoms with Crippen molar-refractivity contribution in [3.05, 3.63) is 71.8 Å². The third-order valence-corrected chi connectivity index (χ3v) is 5.40. The van der Waals surface area contributed by atoms with Crippen molar-refractivity contribution in [2.45, 2.75) is 19.3 Å². The summed E-state index contributed by atoms with van der Waals surface area (Å²) in [5.41, 5.74) is 1.74. The molecule has 26 heavy (non-hydrogen) atoms. The van der Waals surface area contributed by atoms with Crippen LogP contribution in [0.1, 0.15) is 25.0 Å². The van der Waals surface area contributed by atoms with Crippen LogP contribution >= 0.6 is 0 Å². The van der Waals surface area contributed by atoms with Crippen molar-refractivity contribution in [3.63, 3.8) is 0 Å². The molecule has 5 rings (SSSR count). The number of phenols is 2. The molecule has 0 spiro atoms. The zero-order valence-corrected chi connectivity index (χ0v) is 14.6. The van der Waals surface area contributed by atoms with Crippen LogP contribution in [-0.4, -0.2) is 10.2 Å². The van der Waals surface area contributed by atoms with E-state index in [4.69, 9.17) is 4.74 Å². The lowest BCUT2D eigenvalue weighted by Crippen LogP contribution is -2.25. The molecule has 0 fully saturated rings. The van der Waals surface area contributed by atoms with Crippen molar-refractivity contribution in [1.29, 1.82) is 0 Å². The number of phenolic OH excluding ortho intramolecular Hbond substituents is 2. The maximum atomic E-state index is 10.0. The van der Waals surface area contributed by atoms with Crippen LogP contribution in [0, 0.1) is 0 Å². The molecule has 1 aliphatic rings. The van der Waals surface area contributed by atoms with E-state index in [1.54, 1.807) is 24.3 Å². The second-order valence-electron chi connectivity index (χ2n) is 7.42. The van der Waals surface area contributed by atoms with Crippen LogP contribution in [0.2, 0.25) is 0 Å². The van der Waals surface area contributed by atoms with Crippen LogP contribution < -0.4 is 4.74 Å². The Morgan fingerprint density at radius 2 is 1.08 bits per heavy atom. The Morgan fingerprint density at radius 1 is 0.654 bits per heavy atom. The van der Waals surface area contributed by atoms with E-state index in [-0.39, 0.29) is 16.9 Å². The standard InChI is InChI=1S/C23H18O3/c1-23(2)21-17-11-15(24)7-3-13(17)5-9-19(21)26-20-10-6-14-4-8-16(25)12-18(14)22(20)23/h3-12,24-25H,1-2H3. The van der Waals surface area contributed by atoms with Gasteiger partial charge in [-0.05, 0) is 57.9 Å². The summed E-state index contributed by atoms with van der Waals surface area (Å²) in [4.78, 5) is 0. The highest BCUT2D eigenvalue weighted by Gasteiger charge is 2.37. The summed E-state index contributed by atoms with van der Waals surface area (Å²) < 4.78 is 6.25. The van der Waals surface area contributed by atoms with Gasteiger partial charge in [0.05, 0.1) is 0 Å². The lowest BCUT2D eigenvalue weighted by Gasteiger charge is -2.36. The molecule has 3 nitrogen and oxygen atoms in total. The van der Waals surface area contributed by atoms with Gasteiger partial charge in [0.15, 0.2) is 0 Å². The first-order valence-corrected chi connectivity index (χ1v) is 8.65. The highest BCUT2D eigenvalue weighted by molar-refractivity contribution is 5.96. The number of ether oxygens (including phenoxy) is 1. The summed E-state index contributed by atoms with van der Waals surface area (Å²) in [7, 11) is 0. The SMILES string of the molecule is CC1(C)c2c(ccc3ccc(O)cc23)Oc2ccc3ccc(O)cc3c21. The smallest absolute Gasteiger partial charge is 0.132 e. The first kappa shape index (κ1) is 15.1. The molecular weight excluding hydrogens is 324 g/mol. The minimum atomic E-state index is -0.358. The van der Waals surface area contributed by atoms with Crippen molar-refractivity contribution < 1.29 is 14.9 Å². The molecule has 0 aromatic heterocycles. The van der Waals surface area contributed by atoms with Crippen LogP contribution in [0.4, 0.5) is 0 Å². The lowest BCUT2D eigenvalue weighted by atomic mass is 9.72. The molecule has 0 amide bonds. The summed E-state index contributed by atoms with van der Waals surface area (Å²) in [6.07, 6.45) is 0. The fourth-order valence-electron chi connectivity index (χ4n) is 4.28. The molecule has 0 unspecified atom stereocenters. The summed E-state index contributed by atoms with van der Waals surface area (Å²) >= 11 is 0. The van der Waals surface area contributed by atoms with Gasteiger partial charge >= 0.3 is 0 Å². The summed E-state index contributed by atoms with van der Waals surface area (Å²) in [5, 5.41) is 24.1. The fourth-order valence-corrected chi connectivity index (χ4v) is 4.28. The molecule has 128 valence electrons. The predicted octanol–water partition coefficient (Wildman–Crippen LogP) is 5.84. The Balaban J connectivity index is 1.91. The summed E-state index contributed by atoms with van der Waals surface area (Å²) in [5.74, 6) is 2.09. The van der Waals surface area contributed by atoms with Crippen LogP contribution in [0.3, 0.4) is 0 Å². The normalized spacial score (nSPS) is 14.7. The van der Waals surface area contributed by atoms with Gasteiger partial charge < -0.3 is 14.9 Å². The largest absolute Gasteiger partial charge is 0.508 e. The maximum Gasteiger partial charge on any atom is 0.132 e. The number of aromatic hydroxyl groups is 2. The van der Waals surface area contributed by atoms with E-state index in [0.717, 1.165) is 44.2 Å². The average Bonchev–Trinajstić information content (AvgIpc) is 2.60. The molecule has 0 saturated carbocycles. The van der Waals surface area contributed by atoms with Crippen molar-refractivity contribution in [1.82, 2.24) is 0 Å². The third-order valence-electron chi connectivity index (χ3n) is 5.40. The Kier molecular flexibility index (Phi) is 2.85. The highest BCUT2D eigenvalue weighted by Crippen LogP contribution is 2.53. The first-order chi connectivity index (χ1) is 12.4. The molecule has 0 atom stereocenters. The Labute approximate surface area is 151 Å². The van der Waals surface area contributed by atoms with Gasteiger partial charge in [-0.1, -0.05) is 38.1 Å². The Hall–Kier alpha value is -3.20. The van der Waals surface area contributed by atoms with Gasteiger partial charge in [0, 0.05) is 16.5 Å². The minimum absolute atomic E-state index is 0.239. The Bertz CT molecular complexity index is 1110. The summed E-state index contributed by atoms with van der Waals surface area (Å²) in [6.45, 7) is 4.33. The zero-order valence-electron chi connectivity index (χ0n) is 14.6. The first-order valence-electron chi connectivity index (χ1n) is 8.65. The van der Waals surface area contributed by atoms with E-state index in [0.29, 0.717) is 0 Å². The summed E-state index contributed by atoms with van der Waals surface area (Å²) in [6, 6.07) is 18.9. The van der Waals surface area contributed by atoms with Gasteiger partial charge in [0.1, 0.15) is 23.0 Å². The van der Waals surface area contributed by atoms with Gasteiger partial charge in [0.25, 0.3) is 0 Å². The van der Waals surface area contributed by atoms with Crippen molar-refractivity contribution in [2.75, 3.05) is 0 Å². The number of hydrogen-bond acceptors (Lipinski definition) is 3. The van der Waals surface area contributed by atoms with E-state index in [2.05, 4.69) is 13.8 Å². The predicted molar refractivity (Wildman–Crippen MR) is 103 cm³/mol. The molecule has 1 aliphatic heterocycles. The molecule has 2 N–H and O–H groups in total. The Morgan fingerprint density at radius 3 is 1.54 bits per heavy atom. The maximum absolute atomic E-state index is 10.0. The van der Waals surface area contributed by atoms with Gasteiger partial charge in [0.2, 0.25) is 0 Å². The molecule has 4 aromatic carbocycles. The van der Waals surface area contributed by atoms with E-state index in [1.807, 2.05) is 36.4 Å². The van der Waals surface area contributed by atoms with E-state index >= 15 is 0 Å². The monoisotopic (exact) mass is 342 g/mol. The quantitative estimate of drug-likeness (QED) is 0.422. The lowest BCUT2D eigenvalue weighted by molar-refractivity contribution is 0.423. The number of hydrogen-bond donors (Lipinski definition) is 2. The van der Waals surface area contributed by atoms with E-state index in [1.165, 1.54) is 0 Å². The number of fused-ring (bicyclic) bond motifs is 6. The molecule has 3 heteroatoms. The fraction of sp³-hybridized carbons (Fsp3) is 0.130. The molecule has 1 heterocycles. The van der Waals surface area contributed by atoms with Crippen LogP contribution in [0.25, 0.3) is 21.5 Å². The van der Waals surface area contributed by atoms with Crippen LogP contribution in [0.5, 0.6) is 23.0 Å². The zero-order chi connectivity index (χ0) is 18.1. The van der Waals surface area contributed by atoms with Crippen molar-refractivity contribution in [2.24, 2.45) is 0 Å². The van der Waals surface area contributed by atoms with E-state index < -0.39 is 0 Å². The topological polar surface area (TPSA) is 49.7 Å². The highest BCUT2D eigenvalue weighted by atomic mass is 16.5. The molecular formula is C23H18O3. The van der Waals surface area contributed by atoms with Gasteiger partial charge in [-0.3, -0.25) is 0 Å². The second kappa shape index (κ2) is 4.92. The number of benzene rings is 4. The van der Waals surface area contributed by atoms with Gasteiger partial charge in [-0.2, -0.15) is 0 Å². The van der Waals surface area contributed by atoms with Crippen LogP contribution in [-0.2, 0) is 5.41 Å². The molecule has 0 radical (unpaired) electrons. The molecule has 0 aliphatic carbocycles. The van der Waals surface area contributed by atoms with Crippen molar-refractivity contribution in [3.8, 4) is 23.0 Å². The number of rotatable bonds is 0. The molecule has 0 bridgehead atoms.